The van der Waals surface area contributed by atoms with Gasteiger partial charge in [0.05, 0.1) is 19.6 Å². The Labute approximate surface area is 147 Å². The van der Waals surface area contributed by atoms with Gasteiger partial charge in [-0.15, -0.1) is 0 Å². The Morgan fingerprint density at radius 2 is 2.04 bits per heavy atom. The molecule has 0 bridgehead atoms. The van der Waals surface area contributed by atoms with Gasteiger partial charge >= 0.3 is 0 Å². The Kier molecular flexibility index (Phi) is 5.81. The molecule has 0 unspecified atom stereocenters. The van der Waals surface area contributed by atoms with Gasteiger partial charge in [0.1, 0.15) is 13.2 Å². The fourth-order valence-corrected chi connectivity index (χ4v) is 3.13. The van der Waals surface area contributed by atoms with Gasteiger partial charge in [0.25, 0.3) is 0 Å². The lowest BCUT2D eigenvalue weighted by molar-refractivity contribution is -0.120. The molecule has 24 heavy (non-hydrogen) atoms. The molecule has 3 rings (SSSR count). The van der Waals surface area contributed by atoms with Crippen LogP contribution in [0, 0.1) is 5.92 Å². The van der Waals surface area contributed by atoms with Crippen LogP contribution in [0.25, 0.3) is 0 Å². The molecule has 0 aliphatic carbocycles. The van der Waals surface area contributed by atoms with Crippen molar-refractivity contribution in [2.24, 2.45) is 5.92 Å². The van der Waals surface area contributed by atoms with Crippen LogP contribution in [0.4, 0.5) is 0 Å². The molecule has 1 saturated heterocycles. The predicted molar refractivity (Wildman–Crippen MR) is 91.0 cm³/mol. The minimum absolute atomic E-state index is 0.0551. The average molecular weight is 355 g/mol. The van der Waals surface area contributed by atoms with Crippen LogP contribution in [0.15, 0.2) is 12.1 Å². The molecule has 1 amide bonds. The van der Waals surface area contributed by atoms with Gasteiger partial charge in [-0.25, -0.2) is 0 Å². The molecule has 0 saturated carbocycles. The summed E-state index contributed by atoms with van der Waals surface area (Å²) in [6.07, 6.45) is 0.221. The van der Waals surface area contributed by atoms with E-state index in [0.29, 0.717) is 48.8 Å². The van der Waals surface area contributed by atoms with Crippen LogP contribution in [0.2, 0.25) is 5.02 Å². The summed E-state index contributed by atoms with van der Waals surface area (Å²) in [5.41, 5.74) is 0.743. The van der Waals surface area contributed by atoms with Crippen molar-refractivity contribution in [3.63, 3.8) is 0 Å². The molecule has 1 aromatic carbocycles. The Balaban J connectivity index is 1.55. The molecule has 2 aliphatic rings. The van der Waals surface area contributed by atoms with Crippen LogP contribution >= 0.6 is 11.6 Å². The summed E-state index contributed by atoms with van der Waals surface area (Å²) in [6, 6.07) is 3.51. The van der Waals surface area contributed by atoms with Crippen molar-refractivity contribution in [2.45, 2.75) is 6.42 Å². The molecule has 7 heteroatoms. The summed E-state index contributed by atoms with van der Waals surface area (Å²) >= 11 is 6.25. The maximum atomic E-state index is 12.2. The van der Waals surface area contributed by atoms with Crippen LogP contribution in [0.3, 0.4) is 0 Å². The SMILES string of the molecule is CN1CCOC[C@H](CNC(=O)Cc2cc3c(cc2Cl)OCCO3)C1. The first-order valence-corrected chi connectivity index (χ1v) is 8.60. The zero-order valence-corrected chi connectivity index (χ0v) is 14.6. The summed E-state index contributed by atoms with van der Waals surface area (Å²) in [5.74, 6) is 1.53. The van der Waals surface area contributed by atoms with Gasteiger partial charge in [-0.05, 0) is 18.7 Å². The third-order valence-corrected chi connectivity index (χ3v) is 4.54. The first kappa shape index (κ1) is 17.3. The minimum atomic E-state index is -0.0551. The molecule has 132 valence electrons. The van der Waals surface area contributed by atoms with Gasteiger partial charge in [0, 0.05) is 36.6 Å². The summed E-state index contributed by atoms with van der Waals surface area (Å²) < 4.78 is 16.6. The Bertz CT molecular complexity index is 596. The maximum Gasteiger partial charge on any atom is 0.224 e. The molecule has 0 aromatic heterocycles. The second-order valence-corrected chi connectivity index (χ2v) is 6.68. The number of hydrogen-bond donors (Lipinski definition) is 1. The maximum absolute atomic E-state index is 12.2. The third kappa shape index (κ3) is 4.53. The van der Waals surface area contributed by atoms with Crippen LogP contribution < -0.4 is 14.8 Å². The van der Waals surface area contributed by atoms with Crippen molar-refractivity contribution in [2.75, 3.05) is 53.1 Å². The van der Waals surface area contributed by atoms with Crippen molar-refractivity contribution in [1.82, 2.24) is 10.2 Å². The third-order valence-electron chi connectivity index (χ3n) is 4.19. The number of amides is 1. The van der Waals surface area contributed by atoms with E-state index in [4.69, 9.17) is 25.8 Å². The lowest BCUT2D eigenvalue weighted by atomic mass is 10.1. The number of benzene rings is 1. The average Bonchev–Trinajstić information content (AvgIpc) is 2.78. The smallest absolute Gasteiger partial charge is 0.224 e. The standard InChI is InChI=1S/C17H23ClN2O4/c1-20-2-3-22-11-12(10-20)9-19-17(21)7-13-6-15-16(8-14(13)18)24-5-4-23-15/h6,8,12H,2-5,7,9-11H2,1H3,(H,19,21)/t12-/m1/s1. The van der Waals surface area contributed by atoms with E-state index in [1.807, 2.05) is 0 Å². The van der Waals surface area contributed by atoms with Gasteiger partial charge in [0.2, 0.25) is 5.91 Å². The lowest BCUT2D eigenvalue weighted by Crippen LogP contribution is -2.36. The first-order chi connectivity index (χ1) is 11.6. The first-order valence-electron chi connectivity index (χ1n) is 8.23. The number of fused-ring (bicyclic) bond motifs is 1. The highest BCUT2D eigenvalue weighted by Crippen LogP contribution is 2.35. The largest absolute Gasteiger partial charge is 0.486 e. The summed E-state index contributed by atoms with van der Waals surface area (Å²) in [7, 11) is 2.07. The number of carbonyl (C=O) groups is 1. The quantitative estimate of drug-likeness (QED) is 0.884. The second-order valence-electron chi connectivity index (χ2n) is 6.27. The summed E-state index contributed by atoms with van der Waals surface area (Å²) in [4.78, 5) is 14.5. The van der Waals surface area contributed by atoms with E-state index in [1.165, 1.54) is 0 Å². The van der Waals surface area contributed by atoms with Crippen molar-refractivity contribution >= 4 is 17.5 Å². The molecule has 1 N–H and O–H groups in total. The fraction of sp³-hybridized carbons (Fsp3) is 0.588. The Morgan fingerprint density at radius 1 is 1.29 bits per heavy atom. The lowest BCUT2D eigenvalue weighted by Gasteiger charge is -2.20. The molecule has 1 fully saturated rings. The number of rotatable bonds is 4. The van der Waals surface area contributed by atoms with Crippen molar-refractivity contribution in [3.8, 4) is 11.5 Å². The zero-order chi connectivity index (χ0) is 16.9. The van der Waals surface area contributed by atoms with Crippen molar-refractivity contribution in [3.05, 3.63) is 22.7 Å². The van der Waals surface area contributed by atoms with Crippen LogP contribution in [-0.4, -0.2) is 63.9 Å². The number of ether oxygens (including phenoxy) is 3. The zero-order valence-electron chi connectivity index (χ0n) is 13.8. The van der Waals surface area contributed by atoms with E-state index >= 15 is 0 Å². The van der Waals surface area contributed by atoms with Crippen LogP contribution in [0.1, 0.15) is 5.56 Å². The van der Waals surface area contributed by atoms with Gasteiger partial charge in [0.15, 0.2) is 11.5 Å². The number of nitrogens with zero attached hydrogens (tertiary/aromatic N) is 1. The highest BCUT2D eigenvalue weighted by atomic mass is 35.5. The second kappa shape index (κ2) is 8.05. The summed E-state index contributed by atoms with van der Waals surface area (Å²) in [6.45, 7) is 4.90. The molecule has 2 aliphatic heterocycles. The number of hydrogen-bond acceptors (Lipinski definition) is 5. The molecule has 0 spiro atoms. The number of nitrogens with one attached hydrogen (secondary N) is 1. The molecule has 2 heterocycles. The molecular formula is C17H23ClN2O4. The molecular weight excluding hydrogens is 332 g/mol. The monoisotopic (exact) mass is 354 g/mol. The van der Waals surface area contributed by atoms with Gasteiger partial charge in [-0.1, -0.05) is 11.6 Å². The minimum Gasteiger partial charge on any atom is -0.486 e. The van der Waals surface area contributed by atoms with E-state index in [9.17, 15) is 4.79 Å². The number of carbonyl (C=O) groups excluding carboxylic acids is 1. The van der Waals surface area contributed by atoms with E-state index < -0.39 is 0 Å². The van der Waals surface area contributed by atoms with E-state index in [-0.39, 0.29) is 12.3 Å². The normalized spacial score (nSPS) is 21.2. The highest BCUT2D eigenvalue weighted by Gasteiger charge is 2.19. The van der Waals surface area contributed by atoms with Crippen molar-refractivity contribution < 1.29 is 19.0 Å². The topological polar surface area (TPSA) is 60.0 Å². The number of likely N-dealkylation sites (N-methyl/N-ethyl adjacent to an activating group) is 1. The van der Waals surface area contributed by atoms with Crippen LogP contribution in [0.5, 0.6) is 11.5 Å². The fourth-order valence-electron chi connectivity index (χ4n) is 2.91. The van der Waals surface area contributed by atoms with E-state index in [1.54, 1.807) is 12.1 Å². The molecule has 6 nitrogen and oxygen atoms in total. The van der Waals surface area contributed by atoms with E-state index in [0.717, 1.165) is 25.3 Å². The van der Waals surface area contributed by atoms with E-state index in [2.05, 4.69) is 17.3 Å². The number of halogens is 1. The molecule has 0 radical (unpaired) electrons. The summed E-state index contributed by atoms with van der Waals surface area (Å²) in [5, 5.41) is 3.50. The molecule has 1 atom stereocenters. The Morgan fingerprint density at radius 3 is 2.83 bits per heavy atom. The van der Waals surface area contributed by atoms with Crippen LogP contribution in [-0.2, 0) is 16.0 Å². The van der Waals surface area contributed by atoms with Gasteiger partial charge < -0.3 is 24.4 Å². The predicted octanol–water partition coefficient (Wildman–Crippen LogP) is 1.35. The Hall–Kier alpha value is -1.50. The van der Waals surface area contributed by atoms with Gasteiger partial charge in [-0.3, -0.25) is 4.79 Å². The van der Waals surface area contributed by atoms with Gasteiger partial charge in [-0.2, -0.15) is 0 Å². The van der Waals surface area contributed by atoms with Crippen molar-refractivity contribution in [1.29, 1.82) is 0 Å². The molecule has 1 aromatic rings. The highest BCUT2D eigenvalue weighted by molar-refractivity contribution is 6.31.